The Kier molecular flexibility index (Phi) is 4.44. The highest BCUT2D eigenvalue weighted by molar-refractivity contribution is 6.31. The first kappa shape index (κ1) is 13.2. The van der Waals surface area contributed by atoms with Gasteiger partial charge in [0.25, 0.3) is 0 Å². The molecule has 5 heteroatoms. The molecular formula is C13H17ClN2O2. The molecule has 0 aliphatic heterocycles. The zero-order valence-electron chi connectivity index (χ0n) is 10.6. The van der Waals surface area contributed by atoms with Gasteiger partial charge in [-0.2, -0.15) is 0 Å². The summed E-state index contributed by atoms with van der Waals surface area (Å²) in [5, 5.41) is 3.67. The van der Waals surface area contributed by atoms with Gasteiger partial charge in [-0.1, -0.05) is 13.8 Å². The molecule has 0 aliphatic rings. The third-order valence-electron chi connectivity index (χ3n) is 2.51. The molecule has 0 aromatic carbocycles. The number of aromatic nitrogens is 1. The van der Waals surface area contributed by atoms with E-state index in [-0.39, 0.29) is 0 Å². The SMILES string of the molecule is CC(C)CNCCc1ncc(-c2ccoc2Cl)o1. The summed E-state index contributed by atoms with van der Waals surface area (Å²) in [7, 11) is 0. The Bertz CT molecular complexity index is 491. The van der Waals surface area contributed by atoms with Gasteiger partial charge in [0.15, 0.2) is 11.7 Å². The van der Waals surface area contributed by atoms with Crippen LogP contribution in [0, 0.1) is 5.92 Å². The zero-order valence-corrected chi connectivity index (χ0v) is 11.3. The molecule has 0 radical (unpaired) electrons. The highest BCUT2D eigenvalue weighted by Gasteiger charge is 2.11. The maximum absolute atomic E-state index is 5.88. The van der Waals surface area contributed by atoms with Crippen LogP contribution >= 0.6 is 11.6 Å². The lowest BCUT2D eigenvalue weighted by Gasteiger charge is -2.05. The molecule has 0 amide bonds. The lowest BCUT2D eigenvalue weighted by atomic mass is 10.2. The smallest absolute Gasteiger partial charge is 0.204 e. The number of oxazole rings is 1. The van der Waals surface area contributed by atoms with Gasteiger partial charge in [-0.05, 0) is 30.1 Å². The van der Waals surface area contributed by atoms with Gasteiger partial charge in [-0.3, -0.25) is 0 Å². The van der Waals surface area contributed by atoms with E-state index in [4.69, 9.17) is 20.4 Å². The molecule has 98 valence electrons. The fourth-order valence-corrected chi connectivity index (χ4v) is 1.81. The zero-order chi connectivity index (χ0) is 13.0. The molecule has 0 unspecified atom stereocenters. The molecule has 0 fully saturated rings. The van der Waals surface area contributed by atoms with Crippen LogP contribution in [0.1, 0.15) is 19.7 Å². The van der Waals surface area contributed by atoms with Crippen molar-refractivity contribution in [3.63, 3.8) is 0 Å². The Morgan fingerprint density at radius 1 is 1.44 bits per heavy atom. The Labute approximate surface area is 111 Å². The average molecular weight is 269 g/mol. The Balaban J connectivity index is 1.89. The molecule has 2 aromatic rings. The maximum Gasteiger partial charge on any atom is 0.204 e. The average Bonchev–Trinajstić information content (AvgIpc) is 2.92. The van der Waals surface area contributed by atoms with Gasteiger partial charge in [-0.15, -0.1) is 0 Å². The van der Waals surface area contributed by atoms with Crippen LogP contribution < -0.4 is 5.32 Å². The Morgan fingerprint density at radius 3 is 2.94 bits per heavy atom. The second-order valence-corrected chi connectivity index (χ2v) is 4.92. The maximum atomic E-state index is 5.88. The van der Waals surface area contributed by atoms with Crippen LogP contribution in [0.15, 0.2) is 27.4 Å². The van der Waals surface area contributed by atoms with Gasteiger partial charge >= 0.3 is 0 Å². The summed E-state index contributed by atoms with van der Waals surface area (Å²) >= 11 is 5.88. The minimum atomic E-state index is 0.329. The van der Waals surface area contributed by atoms with Crippen LogP contribution in [0.3, 0.4) is 0 Å². The van der Waals surface area contributed by atoms with Crippen LogP contribution in [-0.2, 0) is 6.42 Å². The van der Waals surface area contributed by atoms with Crippen LogP contribution in [0.5, 0.6) is 0 Å². The number of halogens is 1. The molecule has 0 aliphatic carbocycles. The van der Waals surface area contributed by atoms with Gasteiger partial charge in [0, 0.05) is 13.0 Å². The highest BCUT2D eigenvalue weighted by atomic mass is 35.5. The molecule has 0 atom stereocenters. The van der Waals surface area contributed by atoms with Crippen molar-refractivity contribution < 1.29 is 8.83 Å². The molecule has 2 aromatic heterocycles. The minimum Gasteiger partial charge on any atom is -0.452 e. The molecule has 2 heterocycles. The topological polar surface area (TPSA) is 51.2 Å². The molecule has 0 saturated carbocycles. The van der Waals surface area contributed by atoms with Crippen molar-refractivity contribution in [3.8, 4) is 11.3 Å². The molecule has 0 spiro atoms. The van der Waals surface area contributed by atoms with Gasteiger partial charge in [0.05, 0.1) is 18.0 Å². The van der Waals surface area contributed by atoms with Crippen molar-refractivity contribution in [2.45, 2.75) is 20.3 Å². The third-order valence-corrected chi connectivity index (χ3v) is 2.80. The van der Waals surface area contributed by atoms with E-state index >= 15 is 0 Å². The predicted octanol–water partition coefficient (Wildman–Crippen LogP) is 3.38. The third kappa shape index (κ3) is 3.37. The number of hydrogen-bond acceptors (Lipinski definition) is 4. The molecule has 1 N–H and O–H groups in total. The van der Waals surface area contributed by atoms with E-state index in [2.05, 4.69) is 24.1 Å². The summed E-state index contributed by atoms with van der Waals surface area (Å²) in [5.41, 5.74) is 0.741. The standard InChI is InChI=1S/C13H17ClN2O2/c1-9(2)7-15-5-3-12-16-8-11(18-12)10-4-6-17-13(10)14/h4,6,8-9,15H,3,5,7H2,1-2H3. The molecule has 18 heavy (non-hydrogen) atoms. The first-order chi connectivity index (χ1) is 8.66. The number of furan rings is 1. The predicted molar refractivity (Wildman–Crippen MR) is 70.6 cm³/mol. The Hall–Kier alpha value is -1.26. The lowest BCUT2D eigenvalue weighted by Crippen LogP contribution is -2.22. The van der Waals surface area contributed by atoms with Crippen LogP contribution in [0.4, 0.5) is 0 Å². The highest BCUT2D eigenvalue weighted by Crippen LogP contribution is 2.29. The van der Waals surface area contributed by atoms with Crippen molar-refractivity contribution in [1.82, 2.24) is 10.3 Å². The summed E-state index contributed by atoms with van der Waals surface area (Å²) in [5.74, 6) is 2.00. The van der Waals surface area contributed by atoms with Crippen LogP contribution in [-0.4, -0.2) is 18.1 Å². The van der Waals surface area contributed by atoms with E-state index in [1.165, 1.54) is 6.26 Å². The lowest BCUT2D eigenvalue weighted by molar-refractivity contribution is 0.482. The van der Waals surface area contributed by atoms with Crippen LogP contribution in [0.2, 0.25) is 5.22 Å². The number of nitrogens with one attached hydrogen (secondary N) is 1. The van der Waals surface area contributed by atoms with Crippen LogP contribution in [0.25, 0.3) is 11.3 Å². The van der Waals surface area contributed by atoms with Crippen molar-refractivity contribution >= 4 is 11.6 Å². The van der Waals surface area contributed by atoms with E-state index in [0.29, 0.717) is 22.8 Å². The largest absolute Gasteiger partial charge is 0.452 e. The summed E-state index contributed by atoms with van der Waals surface area (Å²) in [6.07, 6.45) is 3.97. The number of hydrogen-bond donors (Lipinski definition) is 1. The van der Waals surface area contributed by atoms with E-state index in [1.807, 2.05) is 0 Å². The summed E-state index contributed by atoms with van der Waals surface area (Å²) in [6, 6.07) is 1.77. The van der Waals surface area contributed by atoms with E-state index in [1.54, 1.807) is 12.3 Å². The van der Waals surface area contributed by atoms with Gasteiger partial charge in [-0.25, -0.2) is 4.98 Å². The number of nitrogens with zero attached hydrogens (tertiary/aromatic N) is 1. The van der Waals surface area contributed by atoms with Crippen molar-refractivity contribution in [1.29, 1.82) is 0 Å². The first-order valence-corrected chi connectivity index (χ1v) is 6.43. The summed E-state index contributed by atoms with van der Waals surface area (Å²) in [4.78, 5) is 4.22. The second-order valence-electron chi connectivity index (χ2n) is 4.57. The second kappa shape index (κ2) is 6.07. The monoisotopic (exact) mass is 268 g/mol. The molecule has 0 bridgehead atoms. The van der Waals surface area contributed by atoms with E-state index < -0.39 is 0 Å². The van der Waals surface area contributed by atoms with E-state index in [9.17, 15) is 0 Å². The fourth-order valence-electron chi connectivity index (χ4n) is 1.61. The fraction of sp³-hybridized carbons (Fsp3) is 0.462. The normalized spacial score (nSPS) is 11.3. The van der Waals surface area contributed by atoms with Crippen molar-refractivity contribution in [2.24, 2.45) is 5.92 Å². The van der Waals surface area contributed by atoms with Gasteiger partial charge in [0.2, 0.25) is 5.22 Å². The van der Waals surface area contributed by atoms with Gasteiger partial charge < -0.3 is 14.2 Å². The molecular weight excluding hydrogens is 252 g/mol. The first-order valence-electron chi connectivity index (χ1n) is 6.05. The summed E-state index contributed by atoms with van der Waals surface area (Å²) < 4.78 is 10.6. The van der Waals surface area contributed by atoms with Crippen molar-refractivity contribution in [2.75, 3.05) is 13.1 Å². The molecule has 4 nitrogen and oxygen atoms in total. The summed E-state index contributed by atoms with van der Waals surface area (Å²) in [6.45, 7) is 6.21. The Morgan fingerprint density at radius 2 is 2.28 bits per heavy atom. The molecule has 2 rings (SSSR count). The van der Waals surface area contributed by atoms with E-state index in [0.717, 1.165) is 25.1 Å². The van der Waals surface area contributed by atoms with Gasteiger partial charge in [0.1, 0.15) is 0 Å². The van der Waals surface area contributed by atoms with Crippen molar-refractivity contribution in [3.05, 3.63) is 29.6 Å². The number of rotatable bonds is 6. The molecule has 0 saturated heterocycles. The minimum absolute atomic E-state index is 0.329. The quantitative estimate of drug-likeness (QED) is 0.816.